The van der Waals surface area contributed by atoms with Gasteiger partial charge in [-0.15, -0.1) is 24.0 Å². The molecule has 0 unspecified atom stereocenters. The number of aliphatic imine (C=N–C) groups is 1. The van der Waals surface area contributed by atoms with Crippen molar-refractivity contribution in [2.24, 2.45) is 4.99 Å². The highest BCUT2D eigenvalue weighted by atomic mass is 127. The molecule has 0 bridgehead atoms. The predicted molar refractivity (Wildman–Crippen MR) is 127 cm³/mol. The quantitative estimate of drug-likeness (QED) is 0.324. The Kier molecular flexibility index (Phi) is 11.0. The number of guanidine groups is 1. The van der Waals surface area contributed by atoms with E-state index in [1.54, 1.807) is 32.2 Å². The summed E-state index contributed by atoms with van der Waals surface area (Å²) in [5, 5.41) is 6.53. The SMILES string of the molecule is CCCOc1ccc(CNC(=NC)NCc2ccc(C(=O)N(C)C)cc2)cn1.I. The molecule has 0 radical (unpaired) electrons. The Morgan fingerprint density at radius 1 is 1.07 bits per heavy atom. The number of carbonyl (C=O) groups is 1. The number of rotatable bonds is 8. The topological polar surface area (TPSA) is 78.8 Å². The summed E-state index contributed by atoms with van der Waals surface area (Å²) in [7, 11) is 5.22. The van der Waals surface area contributed by atoms with Crippen molar-refractivity contribution in [3.63, 3.8) is 0 Å². The molecule has 0 atom stereocenters. The molecule has 1 heterocycles. The van der Waals surface area contributed by atoms with Crippen molar-refractivity contribution in [3.05, 3.63) is 59.3 Å². The zero-order valence-electron chi connectivity index (χ0n) is 17.4. The summed E-state index contributed by atoms with van der Waals surface area (Å²) >= 11 is 0. The lowest BCUT2D eigenvalue weighted by molar-refractivity contribution is 0.0827. The smallest absolute Gasteiger partial charge is 0.253 e. The minimum absolute atomic E-state index is 0. The average Bonchev–Trinajstić information content (AvgIpc) is 2.73. The molecule has 8 heteroatoms. The van der Waals surface area contributed by atoms with Crippen molar-refractivity contribution in [1.82, 2.24) is 20.5 Å². The zero-order valence-corrected chi connectivity index (χ0v) is 19.8. The summed E-state index contributed by atoms with van der Waals surface area (Å²) in [6.45, 7) is 3.95. The number of nitrogens with zero attached hydrogens (tertiary/aromatic N) is 3. The van der Waals surface area contributed by atoms with Crippen molar-refractivity contribution in [2.45, 2.75) is 26.4 Å². The van der Waals surface area contributed by atoms with Crippen LogP contribution in [0.4, 0.5) is 0 Å². The Balaban J connectivity index is 0.00000420. The molecule has 1 amide bonds. The summed E-state index contributed by atoms with van der Waals surface area (Å²) in [5.74, 6) is 1.33. The van der Waals surface area contributed by atoms with E-state index in [2.05, 4.69) is 27.5 Å². The van der Waals surface area contributed by atoms with E-state index in [4.69, 9.17) is 4.74 Å². The second kappa shape index (κ2) is 13.0. The number of nitrogens with one attached hydrogen (secondary N) is 2. The van der Waals surface area contributed by atoms with E-state index in [1.807, 2.05) is 36.4 Å². The predicted octanol–water partition coefficient (Wildman–Crippen LogP) is 3.06. The fourth-order valence-electron chi connectivity index (χ4n) is 2.42. The Morgan fingerprint density at radius 2 is 1.69 bits per heavy atom. The van der Waals surface area contributed by atoms with Crippen LogP contribution in [0.1, 0.15) is 34.8 Å². The van der Waals surface area contributed by atoms with Crippen LogP contribution in [-0.2, 0) is 13.1 Å². The maximum atomic E-state index is 11.9. The molecule has 2 N–H and O–H groups in total. The van der Waals surface area contributed by atoms with Crippen LogP contribution in [0.2, 0.25) is 0 Å². The molecule has 7 nitrogen and oxygen atoms in total. The third-order valence-electron chi connectivity index (χ3n) is 4.00. The Labute approximate surface area is 190 Å². The molecule has 0 aliphatic rings. The van der Waals surface area contributed by atoms with Crippen LogP contribution in [0.3, 0.4) is 0 Å². The molecule has 0 aliphatic heterocycles. The molecule has 0 saturated carbocycles. The first-order valence-corrected chi connectivity index (χ1v) is 9.36. The molecule has 0 saturated heterocycles. The number of amides is 1. The van der Waals surface area contributed by atoms with Gasteiger partial charge >= 0.3 is 0 Å². The Hall–Kier alpha value is -2.36. The second-order valence-corrected chi connectivity index (χ2v) is 6.53. The van der Waals surface area contributed by atoms with Crippen LogP contribution in [0, 0.1) is 0 Å². The number of hydrogen-bond acceptors (Lipinski definition) is 4. The van der Waals surface area contributed by atoms with Gasteiger partial charge in [0.05, 0.1) is 6.61 Å². The van der Waals surface area contributed by atoms with Gasteiger partial charge in [-0.2, -0.15) is 0 Å². The highest BCUT2D eigenvalue weighted by Crippen LogP contribution is 2.08. The molecular formula is C21H30IN5O2. The van der Waals surface area contributed by atoms with Crippen LogP contribution < -0.4 is 15.4 Å². The van der Waals surface area contributed by atoms with Crippen LogP contribution in [0.5, 0.6) is 5.88 Å². The molecule has 2 aromatic rings. The number of aromatic nitrogens is 1. The van der Waals surface area contributed by atoms with E-state index in [-0.39, 0.29) is 29.9 Å². The van der Waals surface area contributed by atoms with Gasteiger partial charge in [-0.05, 0) is 29.7 Å². The molecule has 0 spiro atoms. The summed E-state index contributed by atoms with van der Waals surface area (Å²) < 4.78 is 5.49. The molecule has 0 fully saturated rings. The van der Waals surface area contributed by atoms with Gasteiger partial charge in [0.2, 0.25) is 5.88 Å². The Morgan fingerprint density at radius 3 is 2.21 bits per heavy atom. The second-order valence-electron chi connectivity index (χ2n) is 6.53. The van der Waals surface area contributed by atoms with E-state index in [9.17, 15) is 4.79 Å². The van der Waals surface area contributed by atoms with Gasteiger partial charge < -0.3 is 20.3 Å². The number of benzene rings is 1. The van der Waals surface area contributed by atoms with Crippen molar-refractivity contribution in [3.8, 4) is 5.88 Å². The monoisotopic (exact) mass is 511 g/mol. The van der Waals surface area contributed by atoms with E-state index in [0.717, 1.165) is 17.5 Å². The third-order valence-corrected chi connectivity index (χ3v) is 4.00. The van der Waals surface area contributed by atoms with E-state index < -0.39 is 0 Å². The summed E-state index contributed by atoms with van der Waals surface area (Å²) in [4.78, 5) is 22.0. The number of halogens is 1. The van der Waals surface area contributed by atoms with E-state index in [1.165, 1.54) is 0 Å². The van der Waals surface area contributed by atoms with E-state index >= 15 is 0 Å². The summed E-state index contributed by atoms with van der Waals surface area (Å²) in [6.07, 6.45) is 2.76. The van der Waals surface area contributed by atoms with Gasteiger partial charge in [-0.25, -0.2) is 4.98 Å². The molecular weight excluding hydrogens is 481 g/mol. The van der Waals surface area contributed by atoms with Gasteiger partial charge in [0.15, 0.2) is 5.96 Å². The highest BCUT2D eigenvalue weighted by molar-refractivity contribution is 14.0. The normalized spacial score (nSPS) is 10.7. The molecule has 1 aromatic heterocycles. The third kappa shape index (κ3) is 8.26. The first-order valence-electron chi connectivity index (χ1n) is 9.36. The first kappa shape index (κ1) is 24.7. The first-order chi connectivity index (χ1) is 13.5. The van der Waals surface area contributed by atoms with Gasteiger partial charge in [0.25, 0.3) is 5.91 Å². The molecule has 2 rings (SSSR count). The molecule has 29 heavy (non-hydrogen) atoms. The van der Waals surface area contributed by atoms with Gasteiger partial charge in [0, 0.05) is 52.1 Å². The summed E-state index contributed by atoms with van der Waals surface area (Å²) in [6, 6.07) is 11.4. The van der Waals surface area contributed by atoms with Gasteiger partial charge in [-0.3, -0.25) is 9.79 Å². The lowest BCUT2D eigenvalue weighted by Crippen LogP contribution is -2.36. The minimum Gasteiger partial charge on any atom is -0.478 e. The number of ether oxygens (including phenoxy) is 1. The van der Waals surface area contributed by atoms with Crippen molar-refractivity contribution in [1.29, 1.82) is 0 Å². The minimum atomic E-state index is -0.00305. The number of pyridine rings is 1. The largest absolute Gasteiger partial charge is 0.478 e. The zero-order chi connectivity index (χ0) is 20.4. The van der Waals surface area contributed by atoms with Gasteiger partial charge in [-0.1, -0.05) is 25.1 Å². The fraction of sp³-hybridized carbons (Fsp3) is 0.381. The van der Waals surface area contributed by atoms with Crippen molar-refractivity contribution in [2.75, 3.05) is 27.7 Å². The van der Waals surface area contributed by atoms with Crippen molar-refractivity contribution >= 4 is 35.8 Å². The molecule has 1 aromatic carbocycles. The highest BCUT2D eigenvalue weighted by Gasteiger charge is 2.07. The van der Waals surface area contributed by atoms with E-state index in [0.29, 0.717) is 37.1 Å². The number of carbonyl (C=O) groups excluding carboxylic acids is 1. The van der Waals surface area contributed by atoms with Crippen LogP contribution >= 0.6 is 24.0 Å². The van der Waals surface area contributed by atoms with Gasteiger partial charge in [0.1, 0.15) is 0 Å². The van der Waals surface area contributed by atoms with Crippen LogP contribution in [0.15, 0.2) is 47.6 Å². The standard InChI is InChI=1S/C21H29N5O2.HI/c1-5-12-28-19-11-8-17(14-23-19)15-25-21(22-2)24-13-16-6-9-18(10-7-16)20(27)26(3)4;/h6-11,14H,5,12-13,15H2,1-4H3,(H2,22,24,25);1H. The van der Waals surface area contributed by atoms with Crippen LogP contribution in [-0.4, -0.2) is 49.5 Å². The average molecular weight is 511 g/mol. The lowest BCUT2D eigenvalue weighted by Gasteiger charge is -2.13. The van der Waals surface area contributed by atoms with Crippen LogP contribution in [0.25, 0.3) is 0 Å². The molecule has 0 aliphatic carbocycles. The van der Waals surface area contributed by atoms with Crippen molar-refractivity contribution < 1.29 is 9.53 Å². The Bertz CT molecular complexity index is 777. The fourth-order valence-corrected chi connectivity index (χ4v) is 2.42. The lowest BCUT2D eigenvalue weighted by atomic mass is 10.1. The maximum absolute atomic E-state index is 11.9. The number of hydrogen-bond donors (Lipinski definition) is 2. The maximum Gasteiger partial charge on any atom is 0.253 e. The molecule has 158 valence electrons. The summed E-state index contributed by atoms with van der Waals surface area (Å²) in [5.41, 5.74) is 2.78.